The van der Waals surface area contributed by atoms with Crippen molar-refractivity contribution in [1.82, 2.24) is 5.43 Å². The van der Waals surface area contributed by atoms with Gasteiger partial charge in [0.05, 0.1) is 17.6 Å². The van der Waals surface area contributed by atoms with Crippen LogP contribution in [0.25, 0.3) is 0 Å². The predicted molar refractivity (Wildman–Crippen MR) is 80.8 cm³/mol. The Labute approximate surface area is 130 Å². The molecule has 0 aliphatic rings. The number of methoxy groups -OCH3 is 1. The Morgan fingerprint density at radius 3 is 2.52 bits per heavy atom. The molecule has 0 saturated carbocycles. The molecule has 1 atom stereocenters. The first-order valence-electron chi connectivity index (χ1n) is 6.28. The molecule has 0 aliphatic carbocycles. The molecule has 112 valence electrons. The van der Waals surface area contributed by atoms with Gasteiger partial charge in [0.15, 0.2) is 11.6 Å². The van der Waals surface area contributed by atoms with E-state index in [0.29, 0.717) is 10.9 Å². The van der Waals surface area contributed by atoms with Gasteiger partial charge in [0.2, 0.25) is 0 Å². The maximum Gasteiger partial charge on any atom is 0.165 e. The Balaban J connectivity index is 2.25. The molecule has 0 amide bonds. The minimum absolute atomic E-state index is 0.160. The summed E-state index contributed by atoms with van der Waals surface area (Å²) in [6, 6.07) is 9.10. The summed E-state index contributed by atoms with van der Waals surface area (Å²) < 4.78 is 32.0. The Morgan fingerprint density at radius 2 is 1.90 bits per heavy atom. The smallest absolute Gasteiger partial charge is 0.165 e. The van der Waals surface area contributed by atoms with E-state index in [4.69, 9.17) is 10.6 Å². The van der Waals surface area contributed by atoms with Crippen molar-refractivity contribution in [3.63, 3.8) is 0 Å². The van der Waals surface area contributed by atoms with Gasteiger partial charge in [-0.15, -0.1) is 0 Å². The van der Waals surface area contributed by atoms with Crippen LogP contribution in [0, 0.1) is 11.6 Å². The van der Waals surface area contributed by atoms with Gasteiger partial charge in [-0.25, -0.2) is 8.78 Å². The lowest BCUT2D eigenvalue weighted by Crippen LogP contribution is -2.29. The highest BCUT2D eigenvalue weighted by Crippen LogP contribution is 2.26. The van der Waals surface area contributed by atoms with Gasteiger partial charge in [-0.2, -0.15) is 0 Å². The van der Waals surface area contributed by atoms with Gasteiger partial charge in [0.25, 0.3) is 0 Å². The average Bonchev–Trinajstić information content (AvgIpc) is 2.49. The molecular weight excluding hydrogens is 342 g/mol. The van der Waals surface area contributed by atoms with E-state index in [1.54, 1.807) is 24.3 Å². The third kappa shape index (κ3) is 3.78. The van der Waals surface area contributed by atoms with Gasteiger partial charge in [0, 0.05) is 0 Å². The lowest BCUT2D eigenvalue weighted by Gasteiger charge is -2.17. The summed E-state index contributed by atoms with van der Waals surface area (Å²) in [6.45, 7) is 0. The molecule has 0 heterocycles. The number of halogens is 3. The summed E-state index contributed by atoms with van der Waals surface area (Å²) in [4.78, 5) is 0. The summed E-state index contributed by atoms with van der Waals surface area (Å²) in [5.41, 5.74) is 4.37. The molecule has 3 N–H and O–H groups in total. The van der Waals surface area contributed by atoms with E-state index in [1.165, 1.54) is 19.2 Å². The lowest BCUT2D eigenvalue weighted by molar-refractivity contribution is 0.384. The van der Waals surface area contributed by atoms with Gasteiger partial charge >= 0.3 is 0 Å². The van der Waals surface area contributed by atoms with Crippen molar-refractivity contribution in [2.24, 2.45) is 5.84 Å². The Kier molecular flexibility index (Phi) is 5.27. The van der Waals surface area contributed by atoms with Crippen LogP contribution < -0.4 is 16.0 Å². The number of nitrogens with one attached hydrogen (secondary N) is 1. The van der Waals surface area contributed by atoms with Gasteiger partial charge in [0.1, 0.15) is 5.82 Å². The summed E-state index contributed by atoms with van der Waals surface area (Å²) >= 11 is 3.15. The first-order valence-corrected chi connectivity index (χ1v) is 7.08. The molecular formula is C15H15BrF2N2O. The maximum atomic E-state index is 13.4. The van der Waals surface area contributed by atoms with Crippen LogP contribution in [0.1, 0.15) is 17.2 Å². The van der Waals surface area contributed by atoms with Crippen LogP contribution in [0.3, 0.4) is 0 Å². The number of hydrogen-bond donors (Lipinski definition) is 2. The molecule has 1 unspecified atom stereocenters. The van der Waals surface area contributed by atoms with Crippen molar-refractivity contribution in [3.05, 3.63) is 63.6 Å². The predicted octanol–water partition coefficient (Wildman–Crippen LogP) is 3.48. The second kappa shape index (κ2) is 6.98. The third-order valence-electron chi connectivity index (χ3n) is 3.20. The van der Waals surface area contributed by atoms with Gasteiger partial charge < -0.3 is 4.74 Å². The fourth-order valence-corrected chi connectivity index (χ4v) is 2.49. The van der Waals surface area contributed by atoms with Crippen molar-refractivity contribution in [1.29, 1.82) is 0 Å². The van der Waals surface area contributed by atoms with Crippen LogP contribution in [0.15, 0.2) is 40.9 Å². The Morgan fingerprint density at radius 1 is 1.19 bits per heavy atom. The highest BCUT2D eigenvalue weighted by Gasteiger charge is 2.14. The standard InChI is InChI=1S/C15H15BrF2N2O/c1-21-15-8-10(3-5-13(15)18)14(20-19)7-9-2-4-12(17)11(16)6-9/h2-6,8,14,20H,7,19H2,1H3. The lowest BCUT2D eigenvalue weighted by atomic mass is 9.99. The zero-order valence-electron chi connectivity index (χ0n) is 11.4. The van der Waals surface area contributed by atoms with Crippen molar-refractivity contribution >= 4 is 15.9 Å². The van der Waals surface area contributed by atoms with E-state index in [1.807, 2.05) is 0 Å². The zero-order chi connectivity index (χ0) is 15.4. The number of hydrazine groups is 1. The largest absolute Gasteiger partial charge is 0.494 e. The van der Waals surface area contributed by atoms with E-state index in [2.05, 4.69) is 21.4 Å². The molecule has 0 bridgehead atoms. The molecule has 2 aromatic rings. The monoisotopic (exact) mass is 356 g/mol. The molecule has 0 fully saturated rings. The summed E-state index contributed by atoms with van der Waals surface area (Å²) in [7, 11) is 1.41. The number of ether oxygens (including phenoxy) is 1. The molecule has 0 aliphatic heterocycles. The normalized spacial score (nSPS) is 12.2. The van der Waals surface area contributed by atoms with Crippen LogP contribution in [0.2, 0.25) is 0 Å². The van der Waals surface area contributed by atoms with E-state index in [0.717, 1.165) is 11.1 Å². The molecule has 0 saturated heterocycles. The van der Waals surface area contributed by atoms with Crippen molar-refractivity contribution in [2.75, 3.05) is 7.11 Å². The van der Waals surface area contributed by atoms with Crippen LogP contribution in [0.5, 0.6) is 5.75 Å². The van der Waals surface area contributed by atoms with Crippen LogP contribution in [-0.2, 0) is 6.42 Å². The topological polar surface area (TPSA) is 47.3 Å². The summed E-state index contributed by atoms with van der Waals surface area (Å²) in [5.74, 6) is 4.99. The quantitative estimate of drug-likeness (QED) is 0.636. The van der Waals surface area contributed by atoms with Gasteiger partial charge in [-0.05, 0) is 57.7 Å². The molecule has 0 radical (unpaired) electrons. The zero-order valence-corrected chi connectivity index (χ0v) is 13.0. The van der Waals surface area contributed by atoms with Crippen LogP contribution in [-0.4, -0.2) is 7.11 Å². The number of nitrogens with two attached hydrogens (primary N) is 1. The highest BCUT2D eigenvalue weighted by molar-refractivity contribution is 9.10. The maximum absolute atomic E-state index is 13.4. The fourth-order valence-electron chi connectivity index (χ4n) is 2.07. The van der Waals surface area contributed by atoms with Gasteiger partial charge in [-0.3, -0.25) is 11.3 Å². The fraction of sp³-hybridized carbons (Fsp3) is 0.200. The minimum atomic E-state index is -0.429. The molecule has 0 aromatic heterocycles. The molecule has 3 nitrogen and oxygen atoms in total. The van der Waals surface area contributed by atoms with E-state index in [9.17, 15) is 8.78 Å². The minimum Gasteiger partial charge on any atom is -0.494 e. The SMILES string of the molecule is COc1cc(C(Cc2ccc(F)c(Br)c2)NN)ccc1F. The number of rotatable bonds is 5. The first-order chi connectivity index (χ1) is 10.0. The Bertz CT molecular complexity index is 637. The average molecular weight is 357 g/mol. The Hall–Kier alpha value is -1.50. The molecule has 6 heteroatoms. The van der Waals surface area contributed by atoms with E-state index >= 15 is 0 Å². The van der Waals surface area contributed by atoms with Crippen molar-refractivity contribution in [2.45, 2.75) is 12.5 Å². The van der Waals surface area contributed by atoms with Crippen LogP contribution in [0.4, 0.5) is 8.78 Å². The van der Waals surface area contributed by atoms with Crippen molar-refractivity contribution in [3.8, 4) is 5.75 Å². The van der Waals surface area contributed by atoms with Crippen LogP contribution >= 0.6 is 15.9 Å². The highest BCUT2D eigenvalue weighted by atomic mass is 79.9. The first kappa shape index (κ1) is 15.9. The van der Waals surface area contributed by atoms with Crippen molar-refractivity contribution < 1.29 is 13.5 Å². The molecule has 21 heavy (non-hydrogen) atoms. The number of benzene rings is 2. The molecule has 2 rings (SSSR count). The molecule has 2 aromatic carbocycles. The summed E-state index contributed by atoms with van der Waals surface area (Å²) in [6.07, 6.45) is 0.532. The second-order valence-corrected chi connectivity index (χ2v) is 5.42. The van der Waals surface area contributed by atoms with E-state index < -0.39 is 5.82 Å². The third-order valence-corrected chi connectivity index (χ3v) is 3.81. The summed E-state index contributed by atoms with van der Waals surface area (Å²) in [5, 5.41) is 0. The van der Waals surface area contributed by atoms with E-state index in [-0.39, 0.29) is 17.6 Å². The van der Waals surface area contributed by atoms with Gasteiger partial charge in [-0.1, -0.05) is 12.1 Å². The number of hydrogen-bond acceptors (Lipinski definition) is 3. The second-order valence-electron chi connectivity index (χ2n) is 4.57. The molecule has 0 spiro atoms.